The first kappa shape index (κ1) is 22.2. The molecule has 0 bridgehead atoms. The number of nitrogens with zero attached hydrogens (tertiary/aromatic N) is 2. The van der Waals surface area contributed by atoms with Crippen molar-refractivity contribution in [2.45, 2.75) is 13.5 Å². The minimum Gasteiger partial charge on any atom is -0.505 e. The lowest BCUT2D eigenvalue weighted by atomic mass is 10.0. The van der Waals surface area contributed by atoms with Gasteiger partial charge in [-0.05, 0) is 25.1 Å². The number of pyridine rings is 1. The predicted octanol–water partition coefficient (Wildman–Crippen LogP) is 1.50. The third-order valence-corrected chi connectivity index (χ3v) is 5.51. The third kappa shape index (κ3) is 4.22. The van der Waals surface area contributed by atoms with Crippen molar-refractivity contribution >= 4 is 28.6 Å². The summed E-state index contributed by atoms with van der Waals surface area (Å²) in [6.45, 7) is 2.05. The molecule has 3 aromatic rings. The van der Waals surface area contributed by atoms with E-state index in [0.717, 1.165) is 4.57 Å². The quantitative estimate of drug-likeness (QED) is 0.582. The Balaban J connectivity index is 1.96. The van der Waals surface area contributed by atoms with Crippen molar-refractivity contribution in [1.82, 2.24) is 14.8 Å². The number of amides is 1. The first-order chi connectivity index (χ1) is 15.9. The fraction of sp³-hybridized carbons (Fsp3) is 0.250. The number of hydrogen-bond donors (Lipinski definition) is 2. The topological polar surface area (TPSA) is 118 Å². The molecule has 0 atom stereocenters. The van der Waals surface area contributed by atoms with Gasteiger partial charge in [-0.1, -0.05) is 30.3 Å². The monoisotopic (exact) mass is 449 g/mol. The molecule has 170 valence electrons. The summed E-state index contributed by atoms with van der Waals surface area (Å²) >= 11 is 0. The van der Waals surface area contributed by atoms with E-state index in [9.17, 15) is 24.3 Å². The second-order valence-corrected chi connectivity index (χ2v) is 7.60. The van der Waals surface area contributed by atoms with Gasteiger partial charge in [-0.3, -0.25) is 24.1 Å². The molecule has 1 amide bonds. The predicted molar refractivity (Wildman–Crippen MR) is 120 cm³/mol. The lowest BCUT2D eigenvalue weighted by molar-refractivity contribution is -0.144. The minimum atomic E-state index is -0.736. The van der Waals surface area contributed by atoms with Crippen LogP contribution < -0.4 is 10.9 Å². The largest absolute Gasteiger partial charge is 0.505 e. The van der Waals surface area contributed by atoms with E-state index in [1.165, 1.54) is 18.2 Å². The van der Waals surface area contributed by atoms with Gasteiger partial charge in [0.1, 0.15) is 5.75 Å². The van der Waals surface area contributed by atoms with Crippen LogP contribution in [0.3, 0.4) is 0 Å². The molecule has 0 spiro atoms. The van der Waals surface area contributed by atoms with Gasteiger partial charge in [0.25, 0.3) is 17.4 Å². The first-order valence-corrected chi connectivity index (χ1v) is 10.6. The van der Waals surface area contributed by atoms with Gasteiger partial charge in [-0.2, -0.15) is 0 Å². The summed E-state index contributed by atoms with van der Waals surface area (Å²) in [6, 6.07) is 12.6. The number of fused-ring (bicyclic) bond motifs is 3. The van der Waals surface area contributed by atoms with E-state index in [1.807, 2.05) is 0 Å². The molecule has 2 aromatic carbocycles. The number of nitrogens with one attached hydrogen (secondary N) is 1. The molecule has 2 N–H and O–H groups in total. The van der Waals surface area contributed by atoms with Gasteiger partial charge >= 0.3 is 5.97 Å². The van der Waals surface area contributed by atoms with Crippen LogP contribution in [0.5, 0.6) is 5.75 Å². The summed E-state index contributed by atoms with van der Waals surface area (Å²) in [5, 5.41) is 14.3. The van der Waals surface area contributed by atoms with E-state index in [0.29, 0.717) is 5.39 Å². The molecule has 0 unspecified atom stereocenters. The van der Waals surface area contributed by atoms with Crippen molar-refractivity contribution in [2.24, 2.45) is 0 Å². The standard InChI is InChI=1S/C24H23N3O6/c1-2-33-20(28)14-26-12-11-25-22(30)16-8-4-6-10-18(16)24(32)27-19(13-26)21(29)15-7-3-5-9-17(15)23(27)31/h3-10,29H,2,11-14H2,1H3,(H,25,30). The molecule has 33 heavy (non-hydrogen) atoms. The molecule has 0 saturated carbocycles. The molecular weight excluding hydrogens is 426 g/mol. The fourth-order valence-corrected chi connectivity index (χ4v) is 3.97. The number of benzene rings is 2. The Kier molecular flexibility index (Phi) is 6.23. The average molecular weight is 449 g/mol. The molecule has 0 saturated heterocycles. The third-order valence-electron chi connectivity index (χ3n) is 5.51. The van der Waals surface area contributed by atoms with Crippen molar-refractivity contribution in [1.29, 1.82) is 0 Å². The van der Waals surface area contributed by atoms with Gasteiger partial charge in [-0.15, -0.1) is 0 Å². The molecule has 0 radical (unpaired) electrons. The van der Waals surface area contributed by atoms with Crippen molar-refractivity contribution in [3.05, 3.63) is 75.7 Å². The summed E-state index contributed by atoms with van der Waals surface area (Å²) in [7, 11) is 0. The lowest BCUT2D eigenvalue weighted by Crippen LogP contribution is -2.39. The Labute approximate surface area is 189 Å². The Morgan fingerprint density at radius 3 is 2.42 bits per heavy atom. The maximum absolute atomic E-state index is 13.6. The van der Waals surface area contributed by atoms with E-state index < -0.39 is 23.3 Å². The highest BCUT2D eigenvalue weighted by Crippen LogP contribution is 2.28. The molecule has 0 fully saturated rings. The van der Waals surface area contributed by atoms with Crippen LogP contribution in [0.25, 0.3) is 10.8 Å². The van der Waals surface area contributed by atoms with Crippen LogP contribution in [-0.2, 0) is 16.1 Å². The number of carbonyl (C=O) groups excluding carboxylic acids is 3. The Morgan fingerprint density at radius 1 is 1.03 bits per heavy atom. The molecule has 1 aliphatic rings. The number of ether oxygens (including phenoxy) is 1. The first-order valence-electron chi connectivity index (χ1n) is 10.6. The molecular formula is C24H23N3O6. The summed E-state index contributed by atoms with van der Waals surface area (Å²) in [4.78, 5) is 53.6. The molecule has 1 aliphatic heterocycles. The Hall–Kier alpha value is -3.98. The Bertz CT molecular complexity index is 1310. The smallest absolute Gasteiger partial charge is 0.320 e. The molecule has 9 heteroatoms. The molecule has 0 aliphatic carbocycles. The highest BCUT2D eigenvalue weighted by atomic mass is 16.5. The van der Waals surface area contributed by atoms with E-state index in [-0.39, 0.29) is 60.7 Å². The van der Waals surface area contributed by atoms with Crippen LogP contribution in [0.2, 0.25) is 0 Å². The normalized spacial score (nSPS) is 14.7. The Morgan fingerprint density at radius 2 is 1.70 bits per heavy atom. The number of esters is 1. The summed E-state index contributed by atoms with van der Waals surface area (Å²) in [6.07, 6.45) is 0. The van der Waals surface area contributed by atoms with Crippen LogP contribution in [-0.4, -0.2) is 58.6 Å². The van der Waals surface area contributed by atoms with Crippen molar-refractivity contribution < 1.29 is 24.2 Å². The number of aromatic nitrogens is 1. The van der Waals surface area contributed by atoms with E-state index in [4.69, 9.17) is 4.74 Å². The summed E-state index contributed by atoms with van der Waals surface area (Å²) < 4.78 is 5.93. The zero-order valence-electron chi connectivity index (χ0n) is 18.0. The molecule has 4 rings (SSSR count). The number of aromatic hydroxyl groups is 1. The van der Waals surface area contributed by atoms with Gasteiger partial charge in [-0.25, -0.2) is 4.57 Å². The molecule has 9 nitrogen and oxygen atoms in total. The van der Waals surface area contributed by atoms with Crippen molar-refractivity contribution in [2.75, 3.05) is 26.2 Å². The SMILES string of the molecule is CCOC(=O)CN1CCNC(=O)c2ccccc2C(=O)n2c(c(O)c3ccccc3c2=O)C1. The molecule has 2 heterocycles. The van der Waals surface area contributed by atoms with Crippen LogP contribution in [0.1, 0.15) is 33.3 Å². The maximum atomic E-state index is 13.6. The van der Waals surface area contributed by atoms with Crippen molar-refractivity contribution in [3.8, 4) is 5.75 Å². The van der Waals surface area contributed by atoms with Crippen LogP contribution in [0, 0.1) is 0 Å². The summed E-state index contributed by atoms with van der Waals surface area (Å²) in [5.41, 5.74) is -0.426. The van der Waals surface area contributed by atoms with E-state index in [2.05, 4.69) is 5.32 Å². The minimum absolute atomic E-state index is 0.0341. The maximum Gasteiger partial charge on any atom is 0.320 e. The zero-order chi connectivity index (χ0) is 23.5. The highest BCUT2D eigenvalue weighted by Gasteiger charge is 2.27. The number of hydrogen-bond acceptors (Lipinski definition) is 7. The summed E-state index contributed by atoms with van der Waals surface area (Å²) in [5.74, 6) is -1.94. The number of carbonyl (C=O) groups is 3. The van der Waals surface area contributed by atoms with Gasteiger partial charge in [0.05, 0.1) is 35.4 Å². The average Bonchev–Trinajstić information content (AvgIpc) is 2.83. The van der Waals surface area contributed by atoms with Crippen LogP contribution in [0.15, 0.2) is 53.3 Å². The highest BCUT2D eigenvalue weighted by molar-refractivity contribution is 6.09. The van der Waals surface area contributed by atoms with Crippen LogP contribution >= 0.6 is 0 Å². The zero-order valence-corrected chi connectivity index (χ0v) is 18.0. The second kappa shape index (κ2) is 9.25. The fourth-order valence-electron chi connectivity index (χ4n) is 3.97. The second-order valence-electron chi connectivity index (χ2n) is 7.60. The van der Waals surface area contributed by atoms with Gasteiger partial charge in [0.15, 0.2) is 0 Å². The number of rotatable bonds is 3. The van der Waals surface area contributed by atoms with Crippen LogP contribution in [0.4, 0.5) is 0 Å². The van der Waals surface area contributed by atoms with Gasteiger partial charge < -0.3 is 15.2 Å². The van der Waals surface area contributed by atoms with Crippen molar-refractivity contribution in [3.63, 3.8) is 0 Å². The van der Waals surface area contributed by atoms with E-state index >= 15 is 0 Å². The lowest BCUT2D eigenvalue weighted by Gasteiger charge is -2.23. The van der Waals surface area contributed by atoms with E-state index in [1.54, 1.807) is 42.2 Å². The molecule has 1 aromatic heterocycles. The van der Waals surface area contributed by atoms with Gasteiger partial charge in [0, 0.05) is 25.0 Å². The van der Waals surface area contributed by atoms with Gasteiger partial charge in [0.2, 0.25) is 0 Å².